The molecule has 2 amide bonds. The normalized spacial score (nSPS) is 12.4. The summed E-state index contributed by atoms with van der Waals surface area (Å²) in [7, 11) is -10.9. The van der Waals surface area contributed by atoms with Crippen LogP contribution in [0.25, 0.3) is 0 Å². The molecule has 6 aromatic rings. The predicted molar refractivity (Wildman–Crippen MR) is 341 cm³/mol. The molecule has 0 aliphatic carbocycles. The van der Waals surface area contributed by atoms with Crippen LogP contribution in [0.1, 0.15) is 225 Å². The highest BCUT2D eigenvalue weighted by atomic mass is 32.3. The maximum Gasteiger partial charge on any atom is 0.307 e. The first-order valence-corrected chi connectivity index (χ1v) is 35.2. The number of thiazole rings is 3. The number of carbonyl (C=O) groups is 3. The number of benzene rings is 3. The Morgan fingerprint density at radius 2 is 0.775 bits per heavy atom. The number of primary sulfonamides is 1. The minimum absolute atomic E-state index is 0.0313. The SMILES string of the molecule is CC(C)(O)c1cnc(S(N)(=O)=O)s1.CC(C)c1cc(F)cc(C(C)C)c1CC(=O)N(C)S(=O)(=O)c1ncc(C(C)(C)O)s1.CC(C)c1cc(F)cc(C(C)C)c1CC(=O)NS(=O)(=O)c1ncc(C(C)(C)O)s1.CC(C)c1cc(F)cc(C(C)C)c1CC(=O)O. The molecule has 0 aliphatic heterocycles. The van der Waals surface area contributed by atoms with Crippen LogP contribution in [0.15, 0.2) is 68.0 Å². The standard InChI is InChI=1S/C21H29FN2O4S2.C20H27FN2O4S2.C14H19FO2.C6H10N2O3S2/c1-12(2)15-8-14(22)9-16(13(3)4)17(15)10-19(25)24(7)30(27,28)20-23-11-18(29-20)21(5,6)26;1-11(2)14-7-13(21)8-15(12(3)4)16(14)9-18(24)23-29(26,27)19-22-10-17(28-19)20(5,6)25;1-8(2)11-5-10(15)6-12(9(3)4)13(11)7-14(16)17;1-6(2,9)4-3-8-5(12-4)13(7,10)11/h8-9,11-13,26H,10H2,1-7H3;7-8,10-12,25H,9H2,1-6H3,(H,23,24);5-6,8-9H,7H2,1-4H3,(H,16,17);3,9H,1-2H3,(H2,7,10,11). The highest BCUT2D eigenvalue weighted by molar-refractivity contribution is 7.92. The molecule has 0 fully saturated rings. The molecular weight excluding hydrogens is 1270 g/mol. The van der Waals surface area contributed by atoms with Gasteiger partial charge in [-0.25, -0.2) is 50.7 Å². The highest BCUT2D eigenvalue weighted by Crippen LogP contribution is 2.35. The minimum Gasteiger partial charge on any atom is -0.481 e. The number of halogens is 3. The van der Waals surface area contributed by atoms with E-state index < -0.39 is 64.7 Å². The monoisotopic (exact) mass is 1360 g/mol. The lowest BCUT2D eigenvalue weighted by Crippen LogP contribution is -2.34. The van der Waals surface area contributed by atoms with E-state index in [4.69, 9.17) is 10.2 Å². The number of amides is 2. The molecule has 0 saturated carbocycles. The van der Waals surface area contributed by atoms with Crippen LogP contribution in [-0.4, -0.2) is 89.8 Å². The van der Waals surface area contributed by atoms with E-state index in [2.05, 4.69) is 15.0 Å². The Balaban J connectivity index is 0.000000326. The van der Waals surface area contributed by atoms with Gasteiger partial charge in [-0.1, -0.05) is 83.1 Å². The zero-order valence-corrected chi connectivity index (χ0v) is 58.6. The fourth-order valence-corrected chi connectivity index (χ4v) is 14.9. The van der Waals surface area contributed by atoms with Gasteiger partial charge in [0.2, 0.25) is 24.8 Å². The van der Waals surface area contributed by atoms with Gasteiger partial charge in [0.05, 0.1) is 50.7 Å². The number of aliphatic carboxylic acids is 1. The second kappa shape index (κ2) is 30.7. The molecule has 3 aromatic heterocycles. The molecular formula is C61H85F3N6O13S6. The van der Waals surface area contributed by atoms with Crippen LogP contribution in [0.3, 0.4) is 0 Å². The molecule has 7 N–H and O–H groups in total. The first-order valence-electron chi connectivity index (χ1n) is 28.3. The number of nitrogens with two attached hydrogens (primary N) is 1. The number of hydrogen-bond acceptors (Lipinski definition) is 18. The molecule has 0 aliphatic rings. The van der Waals surface area contributed by atoms with Crippen molar-refractivity contribution >= 4 is 81.9 Å². The van der Waals surface area contributed by atoms with Crippen LogP contribution in [-0.2, 0) is 80.5 Å². The number of hydrogen-bond donors (Lipinski definition) is 6. The number of nitrogens with one attached hydrogen (secondary N) is 1. The van der Waals surface area contributed by atoms with Crippen molar-refractivity contribution in [1.29, 1.82) is 0 Å². The Morgan fingerprint density at radius 3 is 1.04 bits per heavy atom. The number of carbonyl (C=O) groups excluding carboxylic acids is 2. The lowest BCUT2D eigenvalue weighted by Gasteiger charge is -2.22. The first kappa shape index (κ1) is 77.7. The highest BCUT2D eigenvalue weighted by Gasteiger charge is 2.33. The quantitative estimate of drug-likeness (QED) is 0.0414. The summed E-state index contributed by atoms with van der Waals surface area (Å²) in [5.41, 5.74) is 2.86. The number of likely N-dealkylation sites (N-methyl/N-ethyl adjacent to an activating group) is 1. The van der Waals surface area contributed by atoms with E-state index >= 15 is 0 Å². The molecule has 3 aromatic carbocycles. The van der Waals surface area contributed by atoms with Crippen molar-refractivity contribution in [2.45, 2.75) is 209 Å². The zero-order chi connectivity index (χ0) is 68.6. The van der Waals surface area contributed by atoms with Gasteiger partial charge in [-0.05, 0) is 164 Å². The third-order valence-corrected chi connectivity index (χ3v) is 22.7. The summed E-state index contributed by atoms with van der Waals surface area (Å²) in [6.45, 7) is 32.2. The van der Waals surface area contributed by atoms with Gasteiger partial charge in [0.15, 0.2) is 0 Å². The summed E-state index contributed by atoms with van der Waals surface area (Å²) >= 11 is 2.50. The number of aliphatic hydroxyl groups is 3. The smallest absolute Gasteiger partial charge is 0.307 e. The maximum absolute atomic E-state index is 14.1. The Morgan fingerprint density at radius 1 is 0.506 bits per heavy atom. The van der Waals surface area contributed by atoms with Gasteiger partial charge >= 0.3 is 5.97 Å². The Kier molecular flexibility index (Phi) is 26.8. The summed E-state index contributed by atoms with van der Waals surface area (Å²) in [5.74, 6) is -3.15. The number of sulfonamides is 3. The number of rotatable bonds is 20. The molecule has 0 atom stereocenters. The Labute approximate surface area is 534 Å². The first-order chi connectivity index (χ1) is 40.4. The topological polar surface area (TPSA) is 315 Å². The van der Waals surface area contributed by atoms with Gasteiger partial charge in [-0.3, -0.25) is 14.4 Å². The second-order valence-corrected chi connectivity index (χ2v) is 33.5. The van der Waals surface area contributed by atoms with Gasteiger partial charge in [0.1, 0.15) is 17.5 Å². The summed E-state index contributed by atoms with van der Waals surface area (Å²) < 4.78 is 116. The number of nitrogens with zero attached hydrogens (tertiary/aromatic N) is 4. The Bertz CT molecular complexity index is 3730. The summed E-state index contributed by atoms with van der Waals surface area (Å²) in [4.78, 5) is 49.0. The lowest BCUT2D eigenvalue weighted by atomic mass is 9.87. The summed E-state index contributed by atoms with van der Waals surface area (Å²) in [6, 6.07) is 8.51. The van der Waals surface area contributed by atoms with E-state index in [9.17, 15) is 68.1 Å². The molecule has 0 bridgehead atoms. The minimum atomic E-state index is -4.17. The third kappa shape index (κ3) is 21.8. The van der Waals surface area contributed by atoms with E-state index in [1.54, 1.807) is 13.8 Å². The molecule has 0 spiro atoms. The summed E-state index contributed by atoms with van der Waals surface area (Å²) in [5, 5.41) is 43.4. The van der Waals surface area contributed by atoms with Gasteiger partial charge in [-0.15, -0.1) is 34.0 Å². The molecule has 494 valence electrons. The molecule has 19 nitrogen and oxygen atoms in total. The molecule has 0 unspecified atom stereocenters. The van der Waals surface area contributed by atoms with Gasteiger partial charge in [0.25, 0.3) is 30.1 Å². The number of aromatic nitrogens is 3. The van der Waals surface area contributed by atoms with Crippen LogP contribution >= 0.6 is 34.0 Å². The second-order valence-electron chi connectivity index (χ2n) is 24.6. The zero-order valence-electron chi connectivity index (χ0n) is 53.7. The number of carboxylic acid groups (broad SMARTS) is 1. The van der Waals surface area contributed by atoms with Gasteiger partial charge in [-0.2, -0.15) is 16.8 Å². The van der Waals surface area contributed by atoms with Crippen molar-refractivity contribution in [3.63, 3.8) is 0 Å². The van der Waals surface area contributed by atoms with Gasteiger partial charge < -0.3 is 20.4 Å². The van der Waals surface area contributed by atoms with Crippen LogP contribution in [0.2, 0.25) is 0 Å². The predicted octanol–water partition coefficient (Wildman–Crippen LogP) is 11.7. The average molecular weight is 1360 g/mol. The molecule has 0 radical (unpaired) electrons. The molecule has 0 saturated heterocycles. The summed E-state index contributed by atoms with van der Waals surface area (Å²) in [6.07, 6.45) is 3.48. The lowest BCUT2D eigenvalue weighted by molar-refractivity contribution is -0.136. The van der Waals surface area contributed by atoms with E-state index in [0.717, 1.165) is 50.7 Å². The Hall–Kier alpha value is -5.56. The molecule has 28 heteroatoms. The van der Waals surface area contributed by atoms with Crippen molar-refractivity contribution in [2.24, 2.45) is 5.14 Å². The van der Waals surface area contributed by atoms with E-state index in [1.807, 2.05) is 87.8 Å². The van der Waals surface area contributed by atoms with Crippen molar-refractivity contribution in [1.82, 2.24) is 24.0 Å². The van der Waals surface area contributed by atoms with Crippen LogP contribution in [0.5, 0.6) is 0 Å². The molecule has 6 rings (SSSR count). The molecule has 89 heavy (non-hydrogen) atoms. The number of carboxylic acids is 1. The fraction of sp³-hybridized carbons (Fsp3) is 0.508. The van der Waals surface area contributed by atoms with E-state index in [-0.39, 0.29) is 85.2 Å². The van der Waals surface area contributed by atoms with Crippen LogP contribution in [0, 0.1) is 17.5 Å². The van der Waals surface area contributed by atoms with E-state index in [0.29, 0.717) is 52.3 Å². The van der Waals surface area contributed by atoms with E-state index in [1.165, 1.54) is 89.7 Å². The fourth-order valence-electron chi connectivity index (χ4n) is 8.80. The van der Waals surface area contributed by atoms with Crippen molar-refractivity contribution in [3.05, 3.63) is 137 Å². The van der Waals surface area contributed by atoms with Crippen molar-refractivity contribution in [3.8, 4) is 0 Å². The van der Waals surface area contributed by atoms with Crippen LogP contribution in [0.4, 0.5) is 13.2 Å². The van der Waals surface area contributed by atoms with Crippen LogP contribution < -0.4 is 9.86 Å². The van der Waals surface area contributed by atoms with Crippen molar-refractivity contribution < 1.29 is 73.2 Å². The largest absolute Gasteiger partial charge is 0.481 e. The average Bonchev–Trinajstić information content (AvgIpc) is 2.19. The van der Waals surface area contributed by atoms with Gasteiger partial charge in [0, 0.05) is 25.6 Å². The van der Waals surface area contributed by atoms with Crippen molar-refractivity contribution in [2.75, 3.05) is 7.05 Å². The third-order valence-electron chi connectivity index (χ3n) is 13.5. The molecule has 3 heterocycles. The maximum atomic E-state index is 14.1.